The summed E-state index contributed by atoms with van der Waals surface area (Å²) in [5.41, 5.74) is -0.0417. The first-order valence-electron chi connectivity index (χ1n) is 2.03. The summed E-state index contributed by atoms with van der Waals surface area (Å²) in [7, 11) is 1.68. The third-order valence-corrected chi connectivity index (χ3v) is 1.83. The lowest BCUT2D eigenvalue weighted by Crippen LogP contribution is -2.05. The third-order valence-electron chi connectivity index (χ3n) is 0.771. The smallest absolute Gasteiger partial charge is 0.261 e. The van der Waals surface area contributed by atoms with Gasteiger partial charge in [-0.3, -0.25) is 8.75 Å². The lowest BCUT2D eigenvalue weighted by Gasteiger charge is -1.77. The molecule has 3 nitrogen and oxygen atoms in total. The summed E-state index contributed by atoms with van der Waals surface area (Å²) in [6.07, 6.45) is 0. The highest BCUT2D eigenvalue weighted by Crippen LogP contribution is 2.09. The van der Waals surface area contributed by atoms with Crippen molar-refractivity contribution in [3.63, 3.8) is 0 Å². The Hall–Kier alpha value is -0.320. The third kappa shape index (κ3) is 1.82. The maximum Gasteiger partial charge on any atom is 0.261 e. The lowest BCUT2D eigenvalue weighted by atomic mass is 10.7. The highest BCUT2D eigenvalue weighted by atomic mass is 35.5. The van der Waals surface area contributed by atoms with Crippen molar-refractivity contribution < 1.29 is 0 Å². The van der Waals surface area contributed by atoms with Crippen LogP contribution in [0.4, 0.5) is 0 Å². The van der Waals surface area contributed by atoms with Crippen molar-refractivity contribution in [3.8, 4) is 0 Å². The van der Waals surface area contributed by atoms with Crippen molar-refractivity contribution in [3.05, 3.63) is 20.8 Å². The van der Waals surface area contributed by atoms with Crippen molar-refractivity contribution in [2.75, 3.05) is 0 Å². The van der Waals surface area contributed by atoms with Crippen molar-refractivity contribution in [2.45, 2.75) is 0 Å². The summed E-state index contributed by atoms with van der Waals surface area (Å²) in [6.45, 7) is 0. The summed E-state index contributed by atoms with van der Waals surface area (Å²) in [6, 6.07) is 1.40. The molecule has 0 aromatic carbocycles. The minimum atomic E-state index is -0.0417. The Bertz CT molecular complexity index is 241. The molecule has 0 fully saturated rings. The van der Waals surface area contributed by atoms with E-state index in [0.717, 1.165) is 0 Å². The Morgan fingerprint density at radius 1 is 1.78 bits per heavy atom. The highest BCUT2D eigenvalue weighted by Gasteiger charge is 1.93. The molecule has 1 aromatic rings. The Morgan fingerprint density at radius 2 is 2.33 bits per heavy atom. The molecule has 0 amide bonds. The topological polar surface area (TPSA) is 57.0 Å². The fourth-order valence-electron chi connectivity index (χ4n) is 0.390. The molecule has 1 aromatic heterocycles. The molecule has 0 unspecified atom stereocenters. The monoisotopic (exact) mass is 166 g/mol. The van der Waals surface area contributed by atoms with Crippen LogP contribution in [0.15, 0.2) is 10.9 Å². The van der Waals surface area contributed by atoms with Gasteiger partial charge >= 0.3 is 0 Å². The molecule has 3 N–H and O–H groups in total. The van der Waals surface area contributed by atoms with Crippen LogP contribution in [0.25, 0.3) is 0 Å². The second-order valence-electron chi connectivity index (χ2n) is 1.38. The maximum atomic E-state index is 10.5. The minimum Gasteiger partial charge on any atom is -0.344 e. The summed E-state index contributed by atoms with van der Waals surface area (Å²) in [5.74, 6) is 0. The molecule has 0 saturated carbocycles. The van der Waals surface area contributed by atoms with Crippen LogP contribution in [0.3, 0.4) is 0 Å². The fraction of sp³-hybridized carbons (Fsp3) is 0.250. The second kappa shape index (κ2) is 3.00. The predicted molar refractivity (Wildman–Crippen MR) is 39.6 cm³/mol. The van der Waals surface area contributed by atoms with Gasteiger partial charge in [-0.25, -0.2) is 0 Å². The minimum absolute atomic E-state index is 0. The van der Waals surface area contributed by atoms with E-state index in [4.69, 9.17) is 11.6 Å². The number of nitrogens with zero attached hydrogens (tertiary/aromatic N) is 1. The van der Waals surface area contributed by atoms with E-state index in [-0.39, 0.29) is 11.7 Å². The molecule has 0 aliphatic heterocycles. The number of aromatic nitrogens is 1. The summed E-state index contributed by atoms with van der Waals surface area (Å²) in [4.78, 5) is 10.5. The van der Waals surface area contributed by atoms with Gasteiger partial charge in [0.05, 0.1) is 0 Å². The number of halogens is 1. The van der Waals surface area contributed by atoms with Gasteiger partial charge < -0.3 is 6.15 Å². The van der Waals surface area contributed by atoms with E-state index in [9.17, 15) is 4.79 Å². The molecule has 0 spiro atoms. The first-order valence-corrected chi connectivity index (χ1v) is 3.18. The Kier molecular flexibility index (Phi) is 2.90. The Balaban J connectivity index is 0.000000640. The van der Waals surface area contributed by atoms with E-state index >= 15 is 0 Å². The van der Waals surface area contributed by atoms with Gasteiger partial charge in [0, 0.05) is 13.1 Å². The molecule has 0 bridgehead atoms. The number of hydrogen-bond donors (Lipinski definition) is 1. The zero-order valence-electron chi connectivity index (χ0n) is 4.93. The molecule has 0 aliphatic carbocycles. The van der Waals surface area contributed by atoms with Gasteiger partial charge in [0.15, 0.2) is 0 Å². The average molecular weight is 167 g/mol. The molecule has 52 valence electrons. The fourth-order valence-corrected chi connectivity index (χ4v) is 1.35. The van der Waals surface area contributed by atoms with E-state index < -0.39 is 0 Å². The molecule has 5 heteroatoms. The molecule has 1 rings (SSSR count). The Morgan fingerprint density at radius 3 is 2.44 bits per heavy atom. The summed E-state index contributed by atoms with van der Waals surface area (Å²) >= 11 is 6.70. The van der Waals surface area contributed by atoms with Crippen LogP contribution < -0.4 is 11.7 Å². The normalized spacial score (nSPS) is 8.67. The van der Waals surface area contributed by atoms with E-state index in [1.54, 1.807) is 7.05 Å². The SMILES string of the molecule is Cn1sc(Cl)cc1=O.N. The predicted octanol–water partition coefficient (Wildman–Crippen LogP) is 1.26. The molecule has 0 saturated heterocycles. The quantitative estimate of drug-likeness (QED) is 0.631. The number of aryl methyl sites for hydroxylation is 1. The van der Waals surface area contributed by atoms with Gasteiger partial charge in [-0.1, -0.05) is 11.6 Å². The van der Waals surface area contributed by atoms with E-state index in [0.29, 0.717) is 4.34 Å². The largest absolute Gasteiger partial charge is 0.344 e. The van der Waals surface area contributed by atoms with Crippen LogP contribution in [-0.2, 0) is 7.05 Å². The van der Waals surface area contributed by atoms with Crippen LogP contribution in [0.1, 0.15) is 0 Å². The molecule has 0 atom stereocenters. The van der Waals surface area contributed by atoms with E-state index in [2.05, 4.69) is 0 Å². The van der Waals surface area contributed by atoms with Gasteiger partial charge in [-0.05, 0) is 11.5 Å². The van der Waals surface area contributed by atoms with E-state index in [1.165, 1.54) is 21.6 Å². The second-order valence-corrected chi connectivity index (χ2v) is 3.18. The van der Waals surface area contributed by atoms with Crippen molar-refractivity contribution >= 4 is 23.1 Å². The molecular formula is C4H7ClN2OS. The first-order chi connectivity index (χ1) is 3.70. The van der Waals surface area contributed by atoms with Crippen molar-refractivity contribution in [2.24, 2.45) is 7.05 Å². The van der Waals surface area contributed by atoms with Crippen LogP contribution in [0, 0.1) is 0 Å². The molecule has 0 aliphatic rings. The van der Waals surface area contributed by atoms with Gasteiger partial charge in [0.2, 0.25) is 0 Å². The molecule has 1 heterocycles. The maximum absolute atomic E-state index is 10.5. The first kappa shape index (κ1) is 8.68. The van der Waals surface area contributed by atoms with Crippen LogP contribution in [0.5, 0.6) is 0 Å². The number of hydrogen-bond acceptors (Lipinski definition) is 3. The van der Waals surface area contributed by atoms with Crippen molar-refractivity contribution in [1.82, 2.24) is 10.1 Å². The van der Waals surface area contributed by atoms with E-state index in [1.807, 2.05) is 0 Å². The summed E-state index contributed by atoms with van der Waals surface area (Å²) < 4.78 is 2.01. The van der Waals surface area contributed by atoms with Crippen LogP contribution in [-0.4, -0.2) is 3.96 Å². The molecular weight excluding hydrogens is 160 g/mol. The zero-order valence-corrected chi connectivity index (χ0v) is 6.50. The van der Waals surface area contributed by atoms with Crippen molar-refractivity contribution in [1.29, 1.82) is 0 Å². The van der Waals surface area contributed by atoms with Gasteiger partial charge in [-0.15, -0.1) is 0 Å². The van der Waals surface area contributed by atoms with Gasteiger partial charge in [0.25, 0.3) is 5.56 Å². The van der Waals surface area contributed by atoms with Gasteiger partial charge in [0.1, 0.15) is 4.34 Å². The molecule has 0 radical (unpaired) electrons. The lowest BCUT2D eigenvalue weighted by molar-refractivity contribution is 0.981. The van der Waals surface area contributed by atoms with Crippen LogP contribution >= 0.6 is 23.1 Å². The Labute approximate surface area is 61.6 Å². The standard InChI is InChI=1S/C4H4ClNOS.H3N/c1-6-4(7)2-3(5)8-6;/h2H,1H3;1H3. The average Bonchev–Trinajstić information content (AvgIpc) is 1.85. The number of rotatable bonds is 0. The zero-order chi connectivity index (χ0) is 6.15. The molecule has 9 heavy (non-hydrogen) atoms. The summed E-state index contributed by atoms with van der Waals surface area (Å²) in [5, 5.41) is 0. The van der Waals surface area contributed by atoms with Crippen LogP contribution in [0.2, 0.25) is 4.34 Å². The highest BCUT2D eigenvalue weighted by molar-refractivity contribution is 7.11. The van der Waals surface area contributed by atoms with Gasteiger partial charge in [-0.2, -0.15) is 0 Å².